The zero-order valence-electron chi connectivity index (χ0n) is 10.8. The molecule has 4 atom stereocenters. The number of carboxylic acids is 1. The smallest absolute Gasteiger partial charge is 0.327 e. The third-order valence-electron chi connectivity index (χ3n) is 2.39. The van der Waals surface area contributed by atoms with Gasteiger partial charge in [0.1, 0.15) is 18.1 Å². The maximum atomic E-state index is 11.8. The van der Waals surface area contributed by atoms with Crippen molar-refractivity contribution in [3.63, 3.8) is 0 Å². The van der Waals surface area contributed by atoms with Crippen molar-refractivity contribution in [1.29, 1.82) is 0 Å². The average Bonchev–Trinajstić information content (AvgIpc) is 2.39. The van der Waals surface area contributed by atoms with E-state index in [1.165, 1.54) is 6.92 Å². The second-order valence-electron chi connectivity index (χ2n) is 4.10. The van der Waals surface area contributed by atoms with Crippen molar-refractivity contribution < 1.29 is 29.7 Å². The lowest BCUT2D eigenvalue weighted by Crippen LogP contribution is -2.58. The molecule has 0 aliphatic heterocycles. The molecule has 0 heterocycles. The molecular weight excluding hydrogens is 290 g/mol. The van der Waals surface area contributed by atoms with E-state index in [0.717, 1.165) is 0 Å². The van der Waals surface area contributed by atoms with Crippen molar-refractivity contribution in [2.75, 3.05) is 12.4 Å². The summed E-state index contributed by atoms with van der Waals surface area (Å²) in [5.41, 5.74) is 5.26. The molecule has 0 radical (unpaired) electrons. The van der Waals surface area contributed by atoms with Crippen LogP contribution in [0.25, 0.3) is 0 Å². The van der Waals surface area contributed by atoms with Crippen LogP contribution in [0.3, 0.4) is 0 Å². The molecule has 116 valence electrons. The quantitative estimate of drug-likeness (QED) is 0.231. The van der Waals surface area contributed by atoms with Crippen LogP contribution in [0, 0.1) is 0 Å². The normalized spacial score (nSPS) is 16.6. The fourth-order valence-corrected chi connectivity index (χ4v) is 1.44. The maximum Gasteiger partial charge on any atom is 0.327 e. The van der Waals surface area contributed by atoms with Crippen molar-refractivity contribution in [3.8, 4) is 0 Å². The minimum atomic E-state index is -1.39. The second kappa shape index (κ2) is 8.74. The Morgan fingerprint density at radius 2 is 1.80 bits per heavy atom. The number of aliphatic carboxylic acids is 1. The van der Waals surface area contributed by atoms with Crippen molar-refractivity contribution in [2.45, 2.75) is 31.2 Å². The zero-order valence-corrected chi connectivity index (χ0v) is 11.7. The molecule has 0 aromatic rings. The molecule has 0 saturated carbocycles. The van der Waals surface area contributed by atoms with Crippen LogP contribution in [0.5, 0.6) is 0 Å². The molecule has 4 unspecified atom stereocenters. The van der Waals surface area contributed by atoms with Gasteiger partial charge in [0.05, 0.1) is 12.7 Å². The largest absolute Gasteiger partial charge is 0.480 e. The monoisotopic (exact) mass is 309 g/mol. The van der Waals surface area contributed by atoms with Gasteiger partial charge in [-0.05, 0) is 6.92 Å². The number of carboxylic acid groups (broad SMARTS) is 1. The summed E-state index contributed by atoms with van der Waals surface area (Å²) in [6, 6.07) is -3.89. The second-order valence-corrected chi connectivity index (χ2v) is 4.46. The summed E-state index contributed by atoms with van der Waals surface area (Å²) in [6.07, 6.45) is -1.28. The summed E-state index contributed by atoms with van der Waals surface area (Å²) < 4.78 is 0. The van der Waals surface area contributed by atoms with Gasteiger partial charge in [-0.25, -0.2) is 4.79 Å². The van der Waals surface area contributed by atoms with Gasteiger partial charge >= 0.3 is 5.97 Å². The Hall–Kier alpha value is -1.36. The lowest BCUT2D eigenvalue weighted by atomic mass is 10.1. The van der Waals surface area contributed by atoms with E-state index in [1.54, 1.807) is 0 Å². The number of carbonyl (C=O) groups is 3. The molecule has 0 bridgehead atoms. The molecule has 10 heteroatoms. The van der Waals surface area contributed by atoms with Gasteiger partial charge in [0.15, 0.2) is 0 Å². The molecule has 0 rings (SSSR count). The first kappa shape index (κ1) is 18.6. The summed E-state index contributed by atoms with van der Waals surface area (Å²) in [5, 5.41) is 31.2. The van der Waals surface area contributed by atoms with E-state index in [4.69, 9.17) is 15.9 Å². The van der Waals surface area contributed by atoms with E-state index < -0.39 is 48.6 Å². The van der Waals surface area contributed by atoms with Crippen LogP contribution < -0.4 is 16.4 Å². The van der Waals surface area contributed by atoms with E-state index in [0.29, 0.717) is 0 Å². The van der Waals surface area contributed by atoms with Crippen LogP contribution >= 0.6 is 12.6 Å². The van der Waals surface area contributed by atoms with E-state index in [9.17, 15) is 19.5 Å². The van der Waals surface area contributed by atoms with Gasteiger partial charge in [0.2, 0.25) is 11.8 Å². The van der Waals surface area contributed by atoms with Crippen LogP contribution in [-0.4, -0.2) is 69.7 Å². The van der Waals surface area contributed by atoms with Gasteiger partial charge in [-0.1, -0.05) is 0 Å². The van der Waals surface area contributed by atoms with Gasteiger partial charge in [0, 0.05) is 5.75 Å². The highest BCUT2D eigenvalue weighted by Crippen LogP contribution is 1.97. The predicted molar refractivity (Wildman–Crippen MR) is 72.1 cm³/mol. The minimum Gasteiger partial charge on any atom is -0.480 e. The molecule has 9 nitrogen and oxygen atoms in total. The SMILES string of the molecule is CC(O)C(NC(=O)C(N)CO)C(=O)NC(CS)C(=O)O. The number of hydrogen-bond donors (Lipinski definition) is 7. The lowest BCUT2D eigenvalue weighted by Gasteiger charge is -2.23. The van der Waals surface area contributed by atoms with Gasteiger partial charge in [-0.15, -0.1) is 0 Å². The summed E-state index contributed by atoms with van der Waals surface area (Å²) in [6.45, 7) is 0.611. The molecule has 0 aliphatic carbocycles. The summed E-state index contributed by atoms with van der Waals surface area (Å²) in [4.78, 5) is 34.1. The lowest BCUT2D eigenvalue weighted by molar-refractivity contribution is -0.142. The molecule has 20 heavy (non-hydrogen) atoms. The van der Waals surface area contributed by atoms with E-state index in [-0.39, 0.29) is 5.75 Å². The Morgan fingerprint density at radius 1 is 1.25 bits per heavy atom. The van der Waals surface area contributed by atoms with E-state index >= 15 is 0 Å². The average molecular weight is 309 g/mol. The van der Waals surface area contributed by atoms with Gasteiger partial charge in [0.25, 0.3) is 0 Å². The number of aliphatic hydroxyl groups is 2. The summed E-state index contributed by atoms with van der Waals surface area (Å²) in [5.74, 6) is -3.18. The van der Waals surface area contributed by atoms with Gasteiger partial charge < -0.3 is 31.7 Å². The Labute approximate surface area is 120 Å². The zero-order chi connectivity index (χ0) is 15.9. The van der Waals surface area contributed by atoms with E-state index in [1.807, 2.05) is 0 Å². The molecule has 0 fully saturated rings. The first-order valence-corrected chi connectivity index (χ1v) is 6.36. The standard InChI is InChI=1S/C10H19N3O6S/c1-4(15)7(13-8(16)5(11)2-14)9(17)12-6(3-20)10(18)19/h4-7,14-15,20H,2-3,11H2,1H3,(H,12,17)(H,13,16)(H,18,19). The Balaban J connectivity index is 4.79. The molecule has 0 aliphatic rings. The number of nitrogens with two attached hydrogens (primary N) is 1. The molecule has 0 aromatic carbocycles. The topological polar surface area (TPSA) is 162 Å². The van der Waals surface area contributed by atoms with Crippen molar-refractivity contribution >= 4 is 30.4 Å². The number of amides is 2. The maximum absolute atomic E-state index is 11.8. The van der Waals surface area contributed by atoms with Crippen LogP contribution in [-0.2, 0) is 14.4 Å². The number of nitrogens with one attached hydrogen (secondary N) is 2. The first-order valence-electron chi connectivity index (χ1n) is 5.73. The van der Waals surface area contributed by atoms with Crippen LogP contribution in [0.15, 0.2) is 0 Å². The number of aliphatic hydroxyl groups excluding tert-OH is 2. The fraction of sp³-hybridized carbons (Fsp3) is 0.700. The third kappa shape index (κ3) is 5.74. The minimum absolute atomic E-state index is 0.155. The van der Waals surface area contributed by atoms with Crippen molar-refractivity contribution in [1.82, 2.24) is 10.6 Å². The fourth-order valence-electron chi connectivity index (χ4n) is 1.20. The van der Waals surface area contributed by atoms with Crippen molar-refractivity contribution in [2.24, 2.45) is 5.73 Å². The summed E-state index contributed by atoms with van der Waals surface area (Å²) >= 11 is 3.77. The molecule has 2 amide bonds. The number of rotatable bonds is 8. The Morgan fingerprint density at radius 3 is 2.15 bits per heavy atom. The Bertz CT molecular complexity index is 365. The first-order chi connectivity index (χ1) is 9.24. The van der Waals surface area contributed by atoms with Gasteiger partial charge in [-0.3, -0.25) is 9.59 Å². The number of hydrogen-bond acceptors (Lipinski definition) is 7. The highest BCUT2D eigenvalue weighted by Gasteiger charge is 2.30. The number of thiol groups is 1. The van der Waals surface area contributed by atoms with Crippen molar-refractivity contribution in [3.05, 3.63) is 0 Å². The van der Waals surface area contributed by atoms with Crippen LogP contribution in [0.2, 0.25) is 0 Å². The molecular formula is C10H19N3O6S. The Kier molecular flexibility index (Phi) is 8.15. The third-order valence-corrected chi connectivity index (χ3v) is 2.76. The molecule has 0 saturated heterocycles. The van der Waals surface area contributed by atoms with Gasteiger partial charge in [-0.2, -0.15) is 12.6 Å². The highest BCUT2D eigenvalue weighted by molar-refractivity contribution is 7.80. The molecule has 0 spiro atoms. The molecule has 7 N–H and O–H groups in total. The van der Waals surface area contributed by atoms with Crippen LogP contribution in [0.4, 0.5) is 0 Å². The molecule has 0 aromatic heterocycles. The predicted octanol–water partition coefficient (Wildman–Crippen LogP) is -3.33. The van der Waals surface area contributed by atoms with Crippen LogP contribution in [0.1, 0.15) is 6.92 Å². The summed E-state index contributed by atoms with van der Waals surface area (Å²) in [7, 11) is 0. The van der Waals surface area contributed by atoms with E-state index in [2.05, 4.69) is 23.3 Å². The number of carbonyl (C=O) groups excluding carboxylic acids is 2. The highest BCUT2D eigenvalue weighted by atomic mass is 32.1.